The van der Waals surface area contributed by atoms with Crippen molar-refractivity contribution in [2.24, 2.45) is 5.73 Å². The third kappa shape index (κ3) is 4.50. The number of likely N-dealkylation sites (N-methyl/N-ethyl adjacent to an activating group) is 1. The van der Waals surface area contributed by atoms with Gasteiger partial charge in [-0.15, -0.1) is 0 Å². The lowest BCUT2D eigenvalue weighted by Gasteiger charge is -2.25. The molecule has 0 aliphatic rings. The Morgan fingerprint density at radius 2 is 2.06 bits per heavy atom. The third-order valence-electron chi connectivity index (χ3n) is 2.66. The fourth-order valence-corrected chi connectivity index (χ4v) is 1.63. The van der Waals surface area contributed by atoms with Gasteiger partial charge in [-0.1, -0.05) is 0 Å². The molecule has 0 saturated heterocycles. The number of aryl methyl sites for hydroxylation is 1. The highest BCUT2D eigenvalue weighted by atomic mass is 16.3. The van der Waals surface area contributed by atoms with Crippen molar-refractivity contribution in [3.8, 4) is 0 Å². The van der Waals surface area contributed by atoms with Crippen LogP contribution in [0.1, 0.15) is 18.4 Å². The molecule has 0 saturated carbocycles. The van der Waals surface area contributed by atoms with Crippen LogP contribution in [0.4, 0.5) is 0 Å². The molecule has 0 spiro atoms. The summed E-state index contributed by atoms with van der Waals surface area (Å²) in [5.74, 6) is 1.59. The number of rotatable bonds is 6. The molecule has 0 radical (unpaired) electrons. The zero-order chi connectivity index (χ0) is 13.7. The average Bonchev–Trinajstić information content (AvgIpc) is 2.68. The summed E-state index contributed by atoms with van der Waals surface area (Å²) < 4.78 is 5.50. The Kier molecular flexibility index (Phi) is 5.37. The first-order valence-corrected chi connectivity index (χ1v) is 6.14. The lowest BCUT2D eigenvalue weighted by atomic mass is 10.2. The lowest BCUT2D eigenvalue weighted by molar-refractivity contribution is -0.133. The van der Waals surface area contributed by atoms with E-state index in [1.54, 1.807) is 11.8 Å². The molecule has 2 N–H and O–H groups in total. The van der Waals surface area contributed by atoms with Crippen LogP contribution in [-0.4, -0.2) is 48.9 Å². The van der Waals surface area contributed by atoms with Crippen molar-refractivity contribution in [1.82, 2.24) is 9.80 Å². The van der Waals surface area contributed by atoms with E-state index in [0.29, 0.717) is 13.1 Å². The SMILES string of the molecule is Cc1ccc(CN(CCN(C)C)C(=O)C(C)N)o1. The van der Waals surface area contributed by atoms with Gasteiger partial charge in [0.05, 0.1) is 12.6 Å². The molecule has 1 unspecified atom stereocenters. The van der Waals surface area contributed by atoms with Gasteiger partial charge in [0.25, 0.3) is 0 Å². The molecule has 1 amide bonds. The zero-order valence-electron chi connectivity index (χ0n) is 11.6. The smallest absolute Gasteiger partial charge is 0.239 e. The number of nitrogens with two attached hydrogens (primary N) is 1. The van der Waals surface area contributed by atoms with E-state index in [1.807, 2.05) is 38.1 Å². The van der Waals surface area contributed by atoms with Crippen LogP contribution in [0.15, 0.2) is 16.5 Å². The molecule has 0 bridgehead atoms. The Balaban J connectivity index is 2.67. The van der Waals surface area contributed by atoms with Crippen LogP contribution in [0.2, 0.25) is 0 Å². The van der Waals surface area contributed by atoms with Gasteiger partial charge in [0.2, 0.25) is 5.91 Å². The molecule has 1 heterocycles. The molecule has 0 aliphatic heterocycles. The number of amides is 1. The zero-order valence-corrected chi connectivity index (χ0v) is 11.6. The van der Waals surface area contributed by atoms with E-state index in [9.17, 15) is 4.79 Å². The number of hydrogen-bond donors (Lipinski definition) is 1. The second-order valence-corrected chi connectivity index (χ2v) is 4.86. The highest BCUT2D eigenvalue weighted by molar-refractivity contribution is 5.81. The quantitative estimate of drug-likeness (QED) is 0.815. The van der Waals surface area contributed by atoms with E-state index in [0.717, 1.165) is 18.1 Å². The van der Waals surface area contributed by atoms with Crippen LogP contribution in [0.5, 0.6) is 0 Å². The van der Waals surface area contributed by atoms with E-state index in [-0.39, 0.29) is 5.91 Å². The van der Waals surface area contributed by atoms with Gasteiger partial charge in [0, 0.05) is 13.1 Å². The summed E-state index contributed by atoms with van der Waals surface area (Å²) in [5.41, 5.74) is 5.67. The molecule has 1 atom stereocenters. The molecular weight excluding hydrogens is 230 g/mol. The van der Waals surface area contributed by atoms with Crippen molar-refractivity contribution in [2.45, 2.75) is 26.4 Å². The van der Waals surface area contributed by atoms with Crippen LogP contribution < -0.4 is 5.73 Å². The largest absolute Gasteiger partial charge is 0.464 e. The number of nitrogens with zero attached hydrogens (tertiary/aromatic N) is 2. The molecular formula is C13H23N3O2. The number of hydrogen-bond acceptors (Lipinski definition) is 4. The highest BCUT2D eigenvalue weighted by Crippen LogP contribution is 2.10. The summed E-state index contributed by atoms with van der Waals surface area (Å²) in [6, 6.07) is 3.31. The summed E-state index contributed by atoms with van der Waals surface area (Å²) in [4.78, 5) is 15.8. The monoisotopic (exact) mass is 253 g/mol. The topological polar surface area (TPSA) is 62.7 Å². The van der Waals surface area contributed by atoms with Crippen molar-refractivity contribution in [3.05, 3.63) is 23.7 Å². The minimum absolute atomic E-state index is 0.0501. The van der Waals surface area contributed by atoms with Crippen molar-refractivity contribution >= 4 is 5.91 Å². The van der Waals surface area contributed by atoms with E-state index < -0.39 is 6.04 Å². The predicted molar refractivity (Wildman–Crippen MR) is 71.1 cm³/mol. The van der Waals surface area contributed by atoms with Crippen LogP contribution in [0.3, 0.4) is 0 Å². The summed E-state index contributed by atoms with van der Waals surface area (Å²) >= 11 is 0. The molecule has 1 rings (SSSR count). The number of carbonyl (C=O) groups excluding carboxylic acids is 1. The van der Waals surface area contributed by atoms with Gasteiger partial charge in [0.1, 0.15) is 11.5 Å². The van der Waals surface area contributed by atoms with Crippen molar-refractivity contribution in [2.75, 3.05) is 27.2 Å². The maximum atomic E-state index is 12.0. The van der Waals surface area contributed by atoms with Gasteiger partial charge < -0.3 is 20.0 Å². The Morgan fingerprint density at radius 1 is 1.39 bits per heavy atom. The maximum Gasteiger partial charge on any atom is 0.239 e. The summed E-state index contributed by atoms with van der Waals surface area (Å²) in [6.45, 7) is 5.52. The Bertz CT molecular complexity index is 385. The van der Waals surface area contributed by atoms with E-state index >= 15 is 0 Å². The molecule has 0 aromatic carbocycles. The van der Waals surface area contributed by atoms with E-state index in [2.05, 4.69) is 0 Å². The van der Waals surface area contributed by atoms with Gasteiger partial charge in [-0.05, 0) is 40.1 Å². The number of carbonyl (C=O) groups is 1. The Labute approximate surface area is 109 Å². The fourth-order valence-electron chi connectivity index (χ4n) is 1.63. The summed E-state index contributed by atoms with van der Waals surface area (Å²) in [7, 11) is 3.96. The second kappa shape index (κ2) is 6.56. The van der Waals surface area contributed by atoms with E-state index in [4.69, 9.17) is 10.2 Å². The molecule has 0 fully saturated rings. The average molecular weight is 253 g/mol. The molecule has 1 aromatic rings. The van der Waals surface area contributed by atoms with Gasteiger partial charge in [-0.3, -0.25) is 4.79 Å². The minimum atomic E-state index is -0.483. The summed E-state index contributed by atoms with van der Waals surface area (Å²) in [6.07, 6.45) is 0. The standard InChI is InChI=1S/C13H23N3O2/c1-10-5-6-12(18-10)9-16(8-7-15(3)4)13(17)11(2)14/h5-6,11H,7-9,14H2,1-4H3. The fraction of sp³-hybridized carbons (Fsp3) is 0.615. The molecule has 102 valence electrons. The van der Waals surface area contributed by atoms with Crippen LogP contribution >= 0.6 is 0 Å². The first-order chi connectivity index (χ1) is 8.40. The lowest BCUT2D eigenvalue weighted by Crippen LogP contribution is -2.44. The first-order valence-electron chi connectivity index (χ1n) is 6.14. The van der Waals surface area contributed by atoms with Crippen LogP contribution in [0, 0.1) is 6.92 Å². The highest BCUT2D eigenvalue weighted by Gasteiger charge is 2.18. The second-order valence-electron chi connectivity index (χ2n) is 4.86. The molecule has 5 nitrogen and oxygen atoms in total. The molecule has 0 aliphatic carbocycles. The normalized spacial score (nSPS) is 12.8. The molecule has 5 heteroatoms. The van der Waals surface area contributed by atoms with Gasteiger partial charge >= 0.3 is 0 Å². The Hall–Kier alpha value is -1.33. The minimum Gasteiger partial charge on any atom is -0.464 e. The molecule has 18 heavy (non-hydrogen) atoms. The predicted octanol–water partition coefficient (Wildman–Crippen LogP) is 0.825. The Morgan fingerprint density at radius 3 is 2.50 bits per heavy atom. The van der Waals surface area contributed by atoms with Crippen LogP contribution in [-0.2, 0) is 11.3 Å². The molecule has 1 aromatic heterocycles. The first kappa shape index (κ1) is 14.7. The van der Waals surface area contributed by atoms with Crippen molar-refractivity contribution in [3.63, 3.8) is 0 Å². The third-order valence-corrected chi connectivity index (χ3v) is 2.66. The van der Waals surface area contributed by atoms with Crippen molar-refractivity contribution in [1.29, 1.82) is 0 Å². The van der Waals surface area contributed by atoms with Gasteiger partial charge in [0.15, 0.2) is 0 Å². The van der Waals surface area contributed by atoms with Gasteiger partial charge in [-0.2, -0.15) is 0 Å². The maximum absolute atomic E-state index is 12.0. The summed E-state index contributed by atoms with van der Waals surface area (Å²) in [5, 5.41) is 0. The number of furan rings is 1. The van der Waals surface area contributed by atoms with Gasteiger partial charge in [-0.25, -0.2) is 0 Å². The van der Waals surface area contributed by atoms with Crippen molar-refractivity contribution < 1.29 is 9.21 Å². The van der Waals surface area contributed by atoms with E-state index in [1.165, 1.54) is 0 Å². The van der Waals surface area contributed by atoms with Crippen LogP contribution in [0.25, 0.3) is 0 Å².